The lowest BCUT2D eigenvalue weighted by molar-refractivity contribution is -0.139. The highest BCUT2D eigenvalue weighted by Crippen LogP contribution is 2.17. The highest BCUT2D eigenvalue weighted by atomic mass is 16.7. The van der Waals surface area contributed by atoms with Gasteiger partial charge in [0.2, 0.25) is 0 Å². The second-order valence-corrected chi connectivity index (χ2v) is 4.51. The number of benzene rings is 1. The third-order valence-electron chi connectivity index (χ3n) is 2.55. The van der Waals surface area contributed by atoms with Gasteiger partial charge < -0.3 is 18.9 Å². The molecule has 0 aromatic heterocycles. The number of unbranched alkanes of at least 4 members (excludes halogenated alkanes) is 1. The van der Waals surface area contributed by atoms with Crippen molar-refractivity contribution in [3.05, 3.63) is 36.4 Å². The van der Waals surface area contributed by atoms with Gasteiger partial charge in [0, 0.05) is 5.57 Å². The van der Waals surface area contributed by atoms with E-state index in [1.54, 1.807) is 6.92 Å². The predicted molar refractivity (Wildman–Crippen MR) is 80.1 cm³/mol. The number of carbonyl (C=O) groups excluding carboxylic acids is 3. The maximum atomic E-state index is 11.4. The summed E-state index contributed by atoms with van der Waals surface area (Å²) in [6.07, 6.45) is 0.252. The molecule has 0 aliphatic rings. The Bertz CT molecular complexity index is 548. The molecule has 1 rings (SSSR count). The number of hydrogen-bond donors (Lipinski definition) is 0. The minimum Gasteiger partial charge on any atom is -0.462 e. The standard InChI is InChI=1S/C16H18O7/c1-12(2)15(18)20-9-3-4-10-21-16(19)23-14-7-5-13(6-8-14)22-11-17/h5-8,11H,1,3-4,9-10H2,2H3. The lowest BCUT2D eigenvalue weighted by Crippen LogP contribution is -2.12. The van der Waals surface area contributed by atoms with Gasteiger partial charge in [-0.15, -0.1) is 0 Å². The van der Waals surface area contributed by atoms with Crippen molar-refractivity contribution < 1.29 is 33.3 Å². The highest BCUT2D eigenvalue weighted by Gasteiger charge is 2.07. The Morgan fingerprint density at radius 1 is 1.04 bits per heavy atom. The SMILES string of the molecule is C=C(C)C(=O)OCCCCOC(=O)Oc1ccc(OC=O)cc1. The minimum absolute atomic E-state index is 0.149. The molecule has 0 amide bonds. The fourth-order valence-electron chi connectivity index (χ4n) is 1.42. The first-order valence-electron chi connectivity index (χ1n) is 6.90. The second kappa shape index (κ2) is 9.99. The van der Waals surface area contributed by atoms with Gasteiger partial charge >= 0.3 is 12.1 Å². The summed E-state index contributed by atoms with van der Waals surface area (Å²) in [7, 11) is 0. The molecule has 0 heterocycles. The van der Waals surface area contributed by atoms with Crippen LogP contribution in [0.1, 0.15) is 19.8 Å². The van der Waals surface area contributed by atoms with Crippen molar-refractivity contribution >= 4 is 18.6 Å². The highest BCUT2D eigenvalue weighted by molar-refractivity contribution is 5.86. The van der Waals surface area contributed by atoms with Gasteiger partial charge in [-0.2, -0.15) is 0 Å². The molecule has 0 fully saturated rings. The Morgan fingerprint density at radius 3 is 2.17 bits per heavy atom. The average Bonchev–Trinajstić information content (AvgIpc) is 2.52. The van der Waals surface area contributed by atoms with E-state index >= 15 is 0 Å². The van der Waals surface area contributed by atoms with Crippen molar-refractivity contribution in [2.24, 2.45) is 0 Å². The zero-order valence-electron chi connectivity index (χ0n) is 12.8. The molecule has 1 aromatic rings. The molecule has 0 spiro atoms. The monoisotopic (exact) mass is 322 g/mol. The average molecular weight is 322 g/mol. The van der Waals surface area contributed by atoms with Gasteiger partial charge in [-0.25, -0.2) is 9.59 Å². The van der Waals surface area contributed by atoms with Crippen molar-refractivity contribution in [2.75, 3.05) is 13.2 Å². The van der Waals surface area contributed by atoms with Gasteiger partial charge in [-0.05, 0) is 44.0 Å². The van der Waals surface area contributed by atoms with Gasteiger partial charge in [0.1, 0.15) is 11.5 Å². The summed E-state index contributed by atoms with van der Waals surface area (Å²) in [5, 5.41) is 0. The van der Waals surface area contributed by atoms with Gasteiger partial charge in [0.15, 0.2) is 0 Å². The molecule has 124 valence electrons. The maximum Gasteiger partial charge on any atom is 0.513 e. The quantitative estimate of drug-likeness (QED) is 0.227. The lowest BCUT2D eigenvalue weighted by atomic mass is 10.3. The summed E-state index contributed by atoms with van der Waals surface area (Å²) in [4.78, 5) is 32.7. The molecule has 0 aliphatic carbocycles. The molecule has 0 atom stereocenters. The van der Waals surface area contributed by atoms with E-state index < -0.39 is 12.1 Å². The van der Waals surface area contributed by atoms with E-state index in [9.17, 15) is 14.4 Å². The normalized spacial score (nSPS) is 9.61. The summed E-state index contributed by atoms with van der Waals surface area (Å²) < 4.78 is 19.3. The fraction of sp³-hybridized carbons (Fsp3) is 0.312. The number of rotatable bonds is 9. The first-order chi connectivity index (χ1) is 11.0. The van der Waals surface area contributed by atoms with Crippen molar-refractivity contribution in [1.82, 2.24) is 0 Å². The zero-order valence-corrected chi connectivity index (χ0v) is 12.8. The first kappa shape index (κ1) is 18.2. The molecule has 7 nitrogen and oxygen atoms in total. The van der Waals surface area contributed by atoms with Gasteiger partial charge in [-0.1, -0.05) is 6.58 Å². The molecule has 0 radical (unpaired) electrons. The van der Waals surface area contributed by atoms with Crippen LogP contribution in [0.4, 0.5) is 4.79 Å². The van der Waals surface area contributed by atoms with Gasteiger partial charge in [0.25, 0.3) is 6.47 Å². The van der Waals surface area contributed by atoms with E-state index in [0.29, 0.717) is 30.6 Å². The molecule has 0 N–H and O–H groups in total. The molecular formula is C16H18O7. The van der Waals surface area contributed by atoms with Crippen LogP contribution in [0.15, 0.2) is 36.4 Å². The zero-order chi connectivity index (χ0) is 17.1. The molecule has 7 heteroatoms. The summed E-state index contributed by atoms with van der Waals surface area (Å²) >= 11 is 0. The van der Waals surface area contributed by atoms with E-state index in [-0.39, 0.29) is 19.0 Å². The van der Waals surface area contributed by atoms with E-state index in [1.807, 2.05) is 0 Å². The van der Waals surface area contributed by atoms with Gasteiger partial charge in [-0.3, -0.25) is 4.79 Å². The summed E-state index contributed by atoms with van der Waals surface area (Å²) in [6.45, 7) is 5.72. The summed E-state index contributed by atoms with van der Waals surface area (Å²) in [5.74, 6) is 0.168. The molecule has 0 saturated heterocycles. The summed E-state index contributed by atoms with van der Waals surface area (Å²) in [6, 6.07) is 5.90. The van der Waals surface area contributed by atoms with Crippen molar-refractivity contribution in [1.29, 1.82) is 0 Å². The van der Waals surface area contributed by atoms with Crippen LogP contribution in [0.3, 0.4) is 0 Å². The van der Waals surface area contributed by atoms with Crippen LogP contribution in [-0.4, -0.2) is 31.8 Å². The van der Waals surface area contributed by atoms with E-state index in [0.717, 1.165) is 0 Å². The third-order valence-corrected chi connectivity index (χ3v) is 2.55. The minimum atomic E-state index is -0.840. The number of hydrogen-bond acceptors (Lipinski definition) is 7. The van der Waals surface area contributed by atoms with Crippen molar-refractivity contribution in [3.63, 3.8) is 0 Å². The maximum absolute atomic E-state index is 11.4. The Balaban J connectivity index is 2.15. The molecule has 0 aliphatic heterocycles. The Morgan fingerprint density at radius 2 is 1.61 bits per heavy atom. The van der Waals surface area contributed by atoms with E-state index in [4.69, 9.17) is 14.2 Å². The van der Waals surface area contributed by atoms with E-state index in [1.165, 1.54) is 24.3 Å². The molecule has 0 saturated carbocycles. The topological polar surface area (TPSA) is 88.1 Å². The smallest absolute Gasteiger partial charge is 0.462 e. The number of esters is 1. The summed E-state index contributed by atoms with van der Waals surface area (Å²) in [5.41, 5.74) is 0.342. The fourth-order valence-corrected chi connectivity index (χ4v) is 1.42. The molecule has 1 aromatic carbocycles. The molecule has 23 heavy (non-hydrogen) atoms. The van der Waals surface area contributed by atoms with Crippen LogP contribution in [0.25, 0.3) is 0 Å². The molecular weight excluding hydrogens is 304 g/mol. The van der Waals surface area contributed by atoms with Crippen LogP contribution >= 0.6 is 0 Å². The third kappa shape index (κ3) is 7.66. The van der Waals surface area contributed by atoms with Crippen LogP contribution in [0.5, 0.6) is 11.5 Å². The molecule has 0 unspecified atom stereocenters. The van der Waals surface area contributed by atoms with Crippen LogP contribution < -0.4 is 9.47 Å². The van der Waals surface area contributed by atoms with Gasteiger partial charge in [0.05, 0.1) is 13.2 Å². The number of ether oxygens (including phenoxy) is 4. The first-order valence-corrected chi connectivity index (χ1v) is 6.90. The molecule has 0 bridgehead atoms. The Hall–Kier alpha value is -2.83. The second-order valence-electron chi connectivity index (χ2n) is 4.51. The van der Waals surface area contributed by atoms with Crippen LogP contribution in [0, 0.1) is 0 Å². The van der Waals surface area contributed by atoms with Crippen molar-refractivity contribution in [3.8, 4) is 11.5 Å². The Kier molecular flexibility index (Phi) is 7.91. The van der Waals surface area contributed by atoms with Crippen LogP contribution in [-0.2, 0) is 19.1 Å². The lowest BCUT2D eigenvalue weighted by Gasteiger charge is -2.07. The predicted octanol–water partition coefficient (Wildman–Crippen LogP) is 2.64. The Labute approximate surface area is 133 Å². The van der Waals surface area contributed by atoms with Crippen molar-refractivity contribution in [2.45, 2.75) is 19.8 Å². The number of carbonyl (C=O) groups is 3. The van der Waals surface area contributed by atoms with E-state index in [2.05, 4.69) is 11.3 Å². The van der Waals surface area contributed by atoms with Crippen LogP contribution in [0.2, 0.25) is 0 Å². The largest absolute Gasteiger partial charge is 0.513 e.